The summed E-state index contributed by atoms with van der Waals surface area (Å²) in [6, 6.07) is 0. The Morgan fingerprint density at radius 3 is 2.63 bits per heavy atom. The highest BCUT2D eigenvalue weighted by molar-refractivity contribution is 7.89. The number of hydrogen-bond acceptors (Lipinski definition) is 7. The molecule has 0 fully saturated rings. The van der Waals surface area contributed by atoms with Crippen LogP contribution in [-0.4, -0.2) is 37.9 Å². The van der Waals surface area contributed by atoms with Crippen LogP contribution in [0.4, 0.5) is 5.82 Å². The zero-order valence-corrected chi connectivity index (χ0v) is 10.5. The predicted octanol–water partition coefficient (Wildman–Crippen LogP) is -1.38. The first-order valence-electron chi connectivity index (χ1n) is 4.86. The van der Waals surface area contributed by atoms with Gasteiger partial charge >= 0.3 is 5.82 Å². The van der Waals surface area contributed by atoms with E-state index in [0.717, 1.165) is 10.9 Å². The highest BCUT2D eigenvalue weighted by atomic mass is 32.2. The van der Waals surface area contributed by atoms with Crippen LogP contribution in [0.15, 0.2) is 17.4 Å². The van der Waals surface area contributed by atoms with E-state index >= 15 is 0 Å². The molecule has 0 saturated heterocycles. The molecule has 0 aliphatic rings. The number of aromatic nitrogens is 5. The maximum atomic E-state index is 11.2. The monoisotopic (exact) mass is 287 g/mol. The molecule has 0 bridgehead atoms. The molecule has 0 atom stereocenters. The van der Waals surface area contributed by atoms with Crippen molar-refractivity contribution in [3.63, 3.8) is 0 Å². The van der Waals surface area contributed by atoms with Crippen LogP contribution in [0.2, 0.25) is 0 Å². The predicted molar refractivity (Wildman–Crippen MR) is 60.4 cm³/mol. The lowest BCUT2D eigenvalue weighted by molar-refractivity contribution is -0.392. The van der Waals surface area contributed by atoms with Crippen LogP contribution in [0, 0.1) is 10.1 Å². The van der Waals surface area contributed by atoms with Crippen LogP contribution in [0.1, 0.15) is 5.82 Å². The van der Waals surface area contributed by atoms with Crippen molar-refractivity contribution >= 4 is 15.8 Å². The van der Waals surface area contributed by atoms with Crippen molar-refractivity contribution in [2.24, 2.45) is 12.2 Å². The van der Waals surface area contributed by atoms with Gasteiger partial charge in [0.05, 0.1) is 11.3 Å². The van der Waals surface area contributed by atoms with Gasteiger partial charge in [-0.25, -0.2) is 18.5 Å². The third-order valence-electron chi connectivity index (χ3n) is 2.30. The van der Waals surface area contributed by atoms with Crippen molar-refractivity contribution in [2.75, 3.05) is 0 Å². The third-order valence-corrected chi connectivity index (χ3v) is 3.20. The molecule has 2 aromatic rings. The number of nitrogens with zero attached hydrogens (tertiary/aromatic N) is 6. The Labute approximate surface area is 106 Å². The Kier molecular flexibility index (Phi) is 3.03. The second kappa shape index (κ2) is 4.40. The van der Waals surface area contributed by atoms with E-state index in [2.05, 4.69) is 15.2 Å². The van der Waals surface area contributed by atoms with Gasteiger partial charge in [-0.2, -0.15) is 9.78 Å². The van der Waals surface area contributed by atoms with Gasteiger partial charge in [-0.15, -0.1) is 0 Å². The number of nitro groups is 1. The van der Waals surface area contributed by atoms with E-state index in [1.54, 1.807) is 7.05 Å². The molecule has 19 heavy (non-hydrogen) atoms. The van der Waals surface area contributed by atoms with Gasteiger partial charge in [0.2, 0.25) is 14.9 Å². The summed E-state index contributed by atoms with van der Waals surface area (Å²) < 4.78 is 25.0. The number of nitrogens with two attached hydrogens (primary N) is 1. The third kappa shape index (κ3) is 2.58. The normalized spacial score (nSPS) is 11.7. The fraction of sp³-hybridized carbons (Fsp3) is 0.286. The summed E-state index contributed by atoms with van der Waals surface area (Å²) >= 11 is 0. The van der Waals surface area contributed by atoms with Gasteiger partial charge in [-0.1, -0.05) is 0 Å². The number of rotatable bonds is 4. The van der Waals surface area contributed by atoms with Gasteiger partial charge < -0.3 is 10.1 Å². The molecule has 2 rings (SSSR count). The maximum Gasteiger partial charge on any atom is 0.410 e. The van der Waals surface area contributed by atoms with Crippen LogP contribution in [0.25, 0.3) is 0 Å². The molecule has 11 nitrogen and oxygen atoms in total. The molecule has 0 spiro atoms. The van der Waals surface area contributed by atoms with E-state index < -0.39 is 25.7 Å². The molecule has 0 amide bonds. The van der Waals surface area contributed by atoms with Crippen molar-refractivity contribution in [3.05, 3.63) is 28.5 Å². The Bertz CT molecular complexity index is 730. The number of hydrogen-bond donors (Lipinski definition) is 1. The van der Waals surface area contributed by atoms with Crippen LogP contribution >= 0.6 is 0 Å². The summed E-state index contributed by atoms with van der Waals surface area (Å²) in [6.07, 6.45) is 2.29. The number of aryl methyl sites for hydroxylation is 1. The quantitative estimate of drug-likeness (QED) is 0.537. The molecule has 0 saturated carbocycles. The highest BCUT2D eigenvalue weighted by Gasteiger charge is 2.29. The highest BCUT2D eigenvalue weighted by Crippen LogP contribution is 2.20. The Balaban J connectivity index is 2.44. The molecule has 0 unspecified atom stereocenters. The summed E-state index contributed by atoms with van der Waals surface area (Å²) in [5.41, 5.74) is 0. The van der Waals surface area contributed by atoms with Gasteiger partial charge in [0.25, 0.3) is 0 Å². The lowest BCUT2D eigenvalue weighted by Gasteiger charge is -1.96. The van der Waals surface area contributed by atoms with Crippen molar-refractivity contribution in [1.82, 2.24) is 24.5 Å². The molecule has 0 aliphatic heterocycles. The lowest BCUT2D eigenvalue weighted by Crippen LogP contribution is -2.13. The smallest absolute Gasteiger partial charge is 0.358 e. The second-order valence-electron chi connectivity index (χ2n) is 3.62. The molecule has 2 aromatic heterocycles. The minimum Gasteiger partial charge on any atom is -0.358 e. The van der Waals surface area contributed by atoms with Crippen LogP contribution in [0.3, 0.4) is 0 Å². The topological polar surface area (TPSA) is 152 Å². The van der Waals surface area contributed by atoms with E-state index in [0.29, 0.717) is 5.82 Å². The summed E-state index contributed by atoms with van der Waals surface area (Å²) in [7, 11) is -2.59. The molecule has 0 aromatic carbocycles. The Morgan fingerprint density at radius 1 is 1.53 bits per heavy atom. The van der Waals surface area contributed by atoms with E-state index in [1.807, 2.05) is 0 Å². The molecular formula is C7H9N7O4S. The van der Waals surface area contributed by atoms with Gasteiger partial charge in [0.15, 0.2) is 0 Å². The summed E-state index contributed by atoms with van der Waals surface area (Å²) in [6.45, 7) is 0.0346. The first kappa shape index (κ1) is 13.1. The molecule has 2 heterocycles. The van der Waals surface area contributed by atoms with E-state index in [9.17, 15) is 18.5 Å². The van der Waals surface area contributed by atoms with Crippen molar-refractivity contribution < 1.29 is 13.3 Å². The zero-order chi connectivity index (χ0) is 14.2. The fourth-order valence-corrected chi connectivity index (χ4v) is 2.05. The summed E-state index contributed by atoms with van der Waals surface area (Å²) in [5, 5.41) is 23.0. The molecule has 12 heteroatoms. The first-order valence-corrected chi connectivity index (χ1v) is 6.41. The molecule has 2 N–H and O–H groups in total. The first-order chi connectivity index (χ1) is 8.79. The SMILES string of the molecule is Cn1ncnc1Cn1cc(S(N)(=O)=O)c([N+](=O)[O-])n1. The molecule has 102 valence electrons. The molecular weight excluding hydrogens is 278 g/mol. The zero-order valence-electron chi connectivity index (χ0n) is 9.66. The van der Waals surface area contributed by atoms with Crippen molar-refractivity contribution in [2.45, 2.75) is 11.4 Å². The maximum absolute atomic E-state index is 11.2. The van der Waals surface area contributed by atoms with Gasteiger partial charge in [-0.05, 0) is 4.92 Å². The average molecular weight is 287 g/mol. The fourth-order valence-electron chi connectivity index (χ4n) is 1.41. The van der Waals surface area contributed by atoms with Crippen LogP contribution in [0.5, 0.6) is 0 Å². The number of primary sulfonamides is 1. The van der Waals surface area contributed by atoms with Crippen LogP contribution in [-0.2, 0) is 23.6 Å². The Hall–Kier alpha value is -2.34. The van der Waals surface area contributed by atoms with E-state index in [4.69, 9.17) is 5.14 Å². The standard InChI is InChI=1S/C7H9N7O4S/c1-12-6(9-4-10-12)3-13-2-5(19(8,17)18)7(11-13)14(15)16/h2,4H,3H2,1H3,(H2,8,17,18). The van der Waals surface area contributed by atoms with Gasteiger partial charge in [0.1, 0.15) is 18.7 Å². The van der Waals surface area contributed by atoms with E-state index in [1.165, 1.54) is 11.0 Å². The molecule has 0 radical (unpaired) electrons. The summed E-state index contributed by atoms with van der Waals surface area (Å²) in [4.78, 5) is 13.1. The minimum atomic E-state index is -4.21. The Morgan fingerprint density at radius 2 is 2.21 bits per heavy atom. The summed E-state index contributed by atoms with van der Waals surface area (Å²) in [5.74, 6) is -0.358. The second-order valence-corrected chi connectivity index (χ2v) is 5.15. The minimum absolute atomic E-state index is 0.0346. The number of sulfonamides is 1. The molecule has 0 aliphatic carbocycles. The van der Waals surface area contributed by atoms with Crippen molar-refractivity contribution in [3.8, 4) is 0 Å². The van der Waals surface area contributed by atoms with Gasteiger partial charge in [-0.3, -0.25) is 4.68 Å². The largest absolute Gasteiger partial charge is 0.410 e. The average Bonchev–Trinajstić information content (AvgIpc) is 2.86. The lowest BCUT2D eigenvalue weighted by atomic mass is 10.6. The van der Waals surface area contributed by atoms with Crippen molar-refractivity contribution in [1.29, 1.82) is 0 Å². The van der Waals surface area contributed by atoms with Crippen LogP contribution < -0.4 is 5.14 Å². The van der Waals surface area contributed by atoms with E-state index in [-0.39, 0.29) is 6.54 Å². The van der Waals surface area contributed by atoms with Gasteiger partial charge in [0, 0.05) is 7.05 Å².